The van der Waals surface area contributed by atoms with Crippen LogP contribution < -0.4 is 9.47 Å². The second-order valence-corrected chi connectivity index (χ2v) is 4.46. The summed E-state index contributed by atoms with van der Waals surface area (Å²) in [6, 6.07) is 3.09. The Hall–Kier alpha value is -1.46. The van der Waals surface area contributed by atoms with Gasteiger partial charge in [0.25, 0.3) is 0 Å². The zero-order valence-corrected chi connectivity index (χ0v) is 9.63. The molecule has 0 bridgehead atoms. The zero-order valence-electron chi connectivity index (χ0n) is 9.63. The largest absolute Gasteiger partial charge is 0.573 e. The van der Waals surface area contributed by atoms with E-state index in [9.17, 15) is 17.6 Å². The van der Waals surface area contributed by atoms with Crippen molar-refractivity contribution < 1.29 is 27.0 Å². The third-order valence-corrected chi connectivity index (χ3v) is 2.76. The van der Waals surface area contributed by atoms with Crippen LogP contribution in [0.2, 0.25) is 0 Å². The summed E-state index contributed by atoms with van der Waals surface area (Å²) in [5.41, 5.74) is 0. The van der Waals surface area contributed by atoms with E-state index < -0.39 is 17.9 Å². The van der Waals surface area contributed by atoms with Gasteiger partial charge in [0.2, 0.25) is 0 Å². The first-order valence-electron chi connectivity index (χ1n) is 5.55. The minimum Gasteiger partial charge on any atom is -0.490 e. The lowest BCUT2D eigenvalue weighted by molar-refractivity contribution is -0.275. The van der Waals surface area contributed by atoms with E-state index in [2.05, 4.69) is 11.7 Å². The summed E-state index contributed by atoms with van der Waals surface area (Å²) in [5, 5.41) is 0. The maximum Gasteiger partial charge on any atom is 0.573 e. The van der Waals surface area contributed by atoms with Crippen LogP contribution in [0.4, 0.5) is 17.6 Å². The van der Waals surface area contributed by atoms with Crippen molar-refractivity contribution in [2.45, 2.75) is 32.2 Å². The molecule has 1 aliphatic rings. The lowest BCUT2D eigenvalue weighted by Crippen LogP contribution is -2.31. The number of hydrogen-bond donors (Lipinski definition) is 0. The van der Waals surface area contributed by atoms with Crippen molar-refractivity contribution in [2.24, 2.45) is 5.92 Å². The van der Waals surface area contributed by atoms with E-state index >= 15 is 0 Å². The van der Waals surface area contributed by atoms with Crippen molar-refractivity contribution in [3.8, 4) is 11.5 Å². The Morgan fingerprint density at radius 2 is 1.89 bits per heavy atom. The Morgan fingerprint density at radius 3 is 2.39 bits per heavy atom. The van der Waals surface area contributed by atoms with Gasteiger partial charge in [-0.3, -0.25) is 0 Å². The molecule has 100 valence electrons. The molecule has 1 fully saturated rings. The molecule has 0 amide bonds. The molecule has 2 nitrogen and oxygen atoms in total. The highest BCUT2D eigenvalue weighted by molar-refractivity contribution is 5.33. The van der Waals surface area contributed by atoms with E-state index in [4.69, 9.17) is 4.74 Å². The number of halogens is 4. The van der Waals surface area contributed by atoms with Crippen LogP contribution in [-0.2, 0) is 0 Å². The second kappa shape index (κ2) is 4.66. The molecule has 0 heterocycles. The van der Waals surface area contributed by atoms with Crippen molar-refractivity contribution in [2.75, 3.05) is 0 Å². The number of ether oxygens (including phenoxy) is 2. The minimum absolute atomic E-state index is 0.0220. The zero-order chi connectivity index (χ0) is 13.3. The van der Waals surface area contributed by atoms with Crippen molar-refractivity contribution in [3.05, 3.63) is 24.0 Å². The first-order chi connectivity index (χ1) is 8.33. The fourth-order valence-electron chi connectivity index (χ4n) is 1.88. The summed E-state index contributed by atoms with van der Waals surface area (Å²) >= 11 is 0. The summed E-state index contributed by atoms with van der Waals surface area (Å²) in [6.45, 7) is 2.07. The van der Waals surface area contributed by atoms with Crippen molar-refractivity contribution in [1.29, 1.82) is 0 Å². The third kappa shape index (κ3) is 3.27. The molecule has 0 unspecified atom stereocenters. The monoisotopic (exact) mass is 264 g/mol. The Kier molecular flexibility index (Phi) is 3.36. The van der Waals surface area contributed by atoms with Crippen LogP contribution in [0, 0.1) is 11.7 Å². The topological polar surface area (TPSA) is 18.5 Å². The second-order valence-electron chi connectivity index (χ2n) is 4.46. The lowest BCUT2D eigenvalue weighted by atomic mass is 9.84. The molecule has 1 saturated carbocycles. The molecule has 1 aromatic carbocycles. The van der Waals surface area contributed by atoms with E-state index in [0.29, 0.717) is 5.92 Å². The fourth-order valence-corrected chi connectivity index (χ4v) is 1.88. The first-order valence-corrected chi connectivity index (χ1v) is 5.55. The molecule has 0 radical (unpaired) electrons. The maximum absolute atomic E-state index is 13.3. The molecule has 18 heavy (non-hydrogen) atoms. The van der Waals surface area contributed by atoms with Gasteiger partial charge in [0.1, 0.15) is 5.75 Å². The van der Waals surface area contributed by atoms with E-state index in [0.717, 1.165) is 25.0 Å². The van der Waals surface area contributed by atoms with Gasteiger partial charge in [0, 0.05) is 6.07 Å². The summed E-state index contributed by atoms with van der Waals surface area (Å²) in [6.07, 6.45) is -3.12. The average molecular weight is 264 g/mol. The van der Waals surface area contributed by atoms with Crippen molar-refractivity contribution in [1.82, 2.24) is 0 Å². The first kappa shape index (κ1) is 13.0. The number of benzene rings is 1. The molecule has 1 aromatic rings. The standard InChI is InChI=1S/C12H12F4O2/c1-7-4-9(5-7)17-8-2-3-11(10(13)6-8)18-12(14,15)16/h2-3,6-7,9H,4-5H2,1H3. The van der Waals surface area contributed by atoms with Gasteiger partial charge >= 0.3 is 6.36 Å². The molecule has 0 aliphatic heterocycles. The van der Waals surface area contributed by atoms with E-state index in [1.165, 1.54) is 6.07 Å². The average Bonchev–Trinajstić information content (AvgIpc) is 2.18. The van der Waals surface area contributed by atoms with Gasteiger partial charge < -0.3 is 9.47 Å². The highest BCUT2D eigenvalue weighted by Crippen LogP contribution is 2.33. The molecule has 6 heteroatoms. The predicted molar refractivity (Wildman–Crippen MR) is 55.9 cm³/mol. The highest BCUT2D eigenvalue weighted by Gasteiger charge is 2.32. The van der Waals surface area contributed by atoms with Crippen molar-refractivity contribution >= 4 is 0 Å². The molecular formula is C12H12F4O2. The smallest absolute Gasteiger partial charge is 0.490 e. The van der Waals surface area contributed by atoms with Gasteiger partial charge in [-0.15, -0.1) is 13.2 Å². The molecule has 0 saturated heterocycles. The van der Waals surface area contributed by atoms with Crippen LogP contribution >= 0.6 is 0 Å². The predicted octanol–water partition coefficient (Wildman–Crippen LogP) is 3.90. The van der Waals surface area contributed by atoms with Crippen LogP contribution in [0.3, 0.4) is 0 Å². The summed E-state index contributed by atoms with van der Waals surface area (Å²) in [7, 11) is 0. The molecule has 1 aliphatic carbocycles. The van der Waals surface area contributed by atoms with E-state index in [1.807, 2.05) is 0 Å². The van der Waals surface area contributed by atoms with E-state index in [-0.39, 0.29) is 11.9 Å². The maximum atomic E-state index is 13.3. The molecule has 0 aromatic heterocycles. The third-order valence-electron chi connectivity index (χ3n) is 2.76. The summed E-state index contributed by atoms with van der Waals surface area (Å²) in [5.74, 6) is -1.14. The lowest BCUT2D eigenvalue weighted by Gasteiger charge is -2.32. The quantitative estimate of drug-likeness (QED) is 0.771. The molecule has 0 N–H and O–H groups in total. The summed E-state index contributed by atoms with van der Waals surface area (Å²) < 4.78 is 58.0. The van der Waals surface area contributed by atoms with Crippen molar-refractivity contribution in [3.63, 3.8) is 0 Å². The van der Waals surface area contributed by atoms with Gasteiger partial charge in [-0.2, -0.15) is 0 Å². The Labute approximate surface area is 102 Å². The van der Waals surface area contributed by atoms with Crippen LogP contribution in [0.5, 0.6) is 11.5 Å². The SMILES string of the molecule is CC1CC(Oc2ccc(OC(F)(F)F)c(F)c2)C1. The van der Waals surface area contributed by atoms with E-state index in [1.54, 1.807) is 0 Å². The van der Waals surface area contributed by atoms with Gasteiger partial charge in [0.15, 0.2) is 11.6 Å². The molecular weight excluding hydrogens is 252 g/mol. The summed E-state index contributed by atoms with van der Waals surface area (Å²) in [4.78, 5) is 0. The van der Waals surface area contributed by atoms with Gasteiger partial charge in [-0.1, -0.05) is 6.92 Å². The highest BCUT2D eigenvalue weighted by atomic mass is 19.4. The van der Waals surface area contributed by atoms with Gasteiger partial charge in [0.05, 0.1) is 6.10 Å². The van der Waals surface area contributed by atoms with Gasteiger partial charge in [-0.25, -0.2) is 4.39 Å². The molecule has 0 atom stereocenters. The van der Waals surface area contributed by atoms with Gasteiger partial charge in [-0.05, 0) is 30.9 Å². The van der Waals surface area contributed by atoms with Crippen LogP contribution in [0.15, 0.2) is 18.2 Å². The van der Waals surface area contributed by atoms with Crippen LogP contribution in [-0.4, -0.2) is 12.5 Å². The molecule has 2 rings (SSSR count). The normalized spacial score (nSPS) is 23.4. The fraction of sp³-hybridized carbons (Fsp3) is 0.500. The Bertz CT molecular complexity index is 425. The molecule has 0 spiro atoms. The Balaban J connectivity index is 2.01. The number of rotatable bonds is 3. The Morgan fingerprint density at radius 1 is 1.22 bits per heavy atom. The number of alkyl halides is 3. The van der Waals surface area contributed by atoms with Crippen LogP contribution in [0.1, 0.15) is 19.8 Å². The minimum atomic E-state index is -4.90. The van der Waals surface area contributed by atoms with Crippen LogP contribution in [0.25, 0.3) is 0 Å². The number of hydrogen-bond acceptors (Lipinski definition) is 2.